The summed E-state index contributed by atoms with van der Waals surface area (Å²) in [5.74, 6) is -0.0851. The van der Waals surface area contributed by atoms with Gasteiger partial charge in [0.15, 0.2) is 5.65 Å². The van der Waals surface area contributed by atoms with Gasteiger partial charge in [0, 0.05) is 38.4 Å². The Bertz CT molecular complexity index is 732. The number of amides is 1. The Labute approximate surface area is 147 Å². The third kappa shape index (κ3) is 3.67. The van der Waals surface area contributed by atoms with E-state index in [9.17, 15) is 4.79 Å². The number of aromatic nitrogens is 3. The van der Waals surface area contributed by atoms with E-state index in [4.69, 9.17) is 4.74 Å². The maximum Gasteiger partial charge on any atom is 0.252 e. The molecule has 1 saturated heterocycles. The highest BCUT2D eigenvalue weighted by atomic mass is 16.5. The maximum atomic E-state index is 12.4. The van der Waals surface area contributed by atoms with E-state index < -0.39 is 0 Å². The molecule has 0 aromatic carbocycles. The lowest BCUT2D eigenvalue weighted by atomic mass is 10.2. The number of fused-ring (bicyclic) bond motifs is 1. The van der Waals surface area contributed by atoms with E-state index >= 15 is 0 Å². The lowest BCUT2D eigenvalue weighted by molar-refractivity contribution is 0.0383. The molecule has 2 fully saturated rings. The molecule has 0 unspecified atom stereocenters. The van der Waals surface area contributed by atoms with Gasteiger partial charge in [-0.25, -0.2) is 9.97 Å². The fourth-order valence-corrected chi connectivity index (χ4v) is 3.75. The van der Waals surface area contributed by atoms with Crippen molar-refractivity contribution in [3.8, 4) is 0 Å². The number of imidazole rings is 1. The molecule has 7 heteroatoms. The number of hydrogen-bond donors (Lipinski definition) is 1. The summed E-state index contributed by atoms with van der Waals surface area (Å²) in [7, 11) is 0. The normalized spacial score (nSPS) is 19.5. The van der Waals surface area contributed by atoms with E-state index in [1.165, 1.54) is 25.7 Å². The smallest absolute Gasteiger partial charge is 0.252 e. The second-order valence-corrected chi connectivity index (χ2v) is 6.87. The van der Waals surface area contributed by atoms with E-state index in [2.05, 4.69) is 24.8 Å². The van der Waals surface area contributed by atoms with Gasteiger partial charge in [0.1, 0.15) is 5.52 Å². The van der Waals surface area contributed by atoms with Crippen LogP contribution >= 0.6 is 0 Å². The zero-order valence-electron chi connectivity index (χ0n) is 14.5. The first-order valence-corrected chi connectivity index (χ1v) is 9.22. The molecule has 2 aromatic rings. The number of ether oxygens (including phenoxy) is 1. The number of hydrogen-bond acceptors (Lipinski definition) is 5. The molecular formula is C18H25N5O2. The van der Waals surface area contributed by atoms with Crippen molar-refractivity contribution in [2.45, 2.75) is 31.7 Å². The van der Waals surface area contributed by atoms with Crippen LogP contribution in [0.25, 0.3) is 11.2 Å². The molecule has 7 nitrogen and oxygen atoms in total. The molecule has 2 aromatic heterocycles. The quantitative estimate of drug-likeness (QED) is 0.893. The van der Waals surface area contributed by atoms with Crippen LogP contribution in [0.4, 0.5) is 0 Å². The molecule has 1 saturated carbocycles. The Morgan fingerprint density at radius 3 is 2.84 bits per heavy atom. The average molecular weight is 343 g/mol. The van der Waals surface area contributed by atoms with Gasteiger partial charge in [0.2, 0.25) is 0 Å². The summed E-state index contributed by atoms with van der Waals surface area (Å²) in [6.45, 7) is 4.90. The highest BCUT2D eigenvalue weighted by molar-refractivity contribution is 5.96. The van der Waals surface area contributed by atoms with Gasteiger partial charge in [-0.05, 0) is 18.9 Å². The van der Waals surface area contributed by atoms with Crippen molar-refractivity contribution in [3.05, 3.63) is 24.2 Å². The first-order valence-electron chi connectivity index (χ1n) is 9.22. The zero-order chi connectivity index (χ0) is 17.1. The lowest BCUT2D eigenvalue weighted by Gasteiger charge is -2.26. The molecule has 1 N–H and O–H groups in total. The van der Waals surface area contributed by atoms with E-state index in [1.54, 1.807) is 6.20 Å². The van der Waals surface area contributed by atoms with Crippen LogP contribution in [0.5, 0.6) is 0 Å². The molecule has 2 aliphatic rings. The summed E-state index contributed by atoms with van der Waals surface area (Å²) >= 11 is 0. The Hall–Kier alpha value is -1.99. The van der Waals surface area contributed by atoms with E-state index in [0.717, 1.165) is 44.0 Å². The average Bonchev–Trinajstić information content (AvgIpc) is 3.31. The Morgan fingerprint density at radius 2 is 2.04 bits per heavy atom. The molecule has 25 heavy (non-hydrogen) atoms. The monoisotopic (exact) mass is 343 g/mol. The SMILES string of the molecule is O=C(NCCN1CCOCC1)c1cnc2c(c1)ncn2C1CCCC1. The first-order chi connectivity index (χ1) is 12.3. The molecule has 3 heterocycles. The van der Waals surface area contributed by atoms with Gasteiger partial charge in [-0.2, -0.15) is 0 Å². The van der Waals surface area contributed by atoms with Crippen LogP contribution in [-0.4, -0.2) is 64.7 Å². The predicted molar refractivity (Wildman–Crippen MR) is 94.6 cm³/mol. The molecule has 4 rings (SSSR count). The third-order valence-corrected chi connectivity index (χ3v) is 5.21. The minimum atomic E-state index is -0.0851. The van der Waals surface area contributed by atoms with Gasteiger partial charge in [-0.15, -0.1) is 0 Å². The predicted octanol–water partition coefficient (Wildman–Crippen LogP) is 1.61. The number of morpholine rings is 1. The molecule has 1 aliphatic carbocycles. The summed E-state index contributed by atoms with van der Waals surface area (Å²) in [6, 6.07) is 2.35. The Kier molecular flexibility index (Phi) is 4.94. The minimum absolute atomic E-state index is 0.0851. The second-order valence-electron chi connectivity index (χ2n) is 6.87. The Balaban J connectivity index is 1.38. The van der Waals surface area contributed by atoms with Gasteiger partial charge >= 0.3 is 0 Å². The van der Waals surface area contributed by atoms with Gasteiger partial charge in [-0.1, -0.05) is 12.8 Å². The van der Waals surface area contributed by atoms with Crippen molar-refractivity contribution < 1.29 is 9.53 Å². The number of nitrogens with zero attached hydrogens (tertiary/aromatic N) is 4. The van der Waals surface area contributed by atoms with Crippen LogP contribution < -0.4 is 5.32 Å². The van der Waals surface area contributed by atoms with Crippen molar-refractivity contribution in [1.29, 1.82) is 0 Å². The maximum absolute atomic E-state index is 12.4. The van der Waals surface area contributed by atoms with Gasteiger partial charge in [0.25, 0.3) is 5.91 Å². The van der Waals surface area contributed by atoms with Crippen LogP contribution in [-0.2, 0) is 4.74 Å². The van der Waals surface area contributed by atoms with E-state index in [1.807, 2.05) is 12.4 Å². The molecule has 1 aliphatic heterocycles. The highest BCUT2D eigenvalue weighted by Crippen LogP contribution is 2.31. The van der Waals surface area contributed by atoms with Gasteiger partial charge < -0.3 is 14.6 Å². The van der Waals surface area contributed by atoms with Crippen LogP contribution in [0, 0.1) is 0 Å². The highest BCUT2D eigenvalue weighted by Gasteiger charge is 2.20. The molecule has 0 spiro atoms. The van der Waals surface area contributed by atoms with E-state index in [0.29, 0.717) is 18.2 Å². The Morgan fingerprint density at radius 1 is 1.24 bits per heavy atom. The molecular weight excluding hydrogens is 318 g/mol. The topological polar surface area (TPSA) is 72.3 Å². The fraction of sp³-hybridized carbons (Fsp3) is 0.611. The summed E-state index contributed by atoms with van der Waals surface area (Å²) in [5, 5.41) is 2.98. The molecule has 0 radical (unpaired) electrons. The molecule has 0 bridgehead atoms. The van der Waals surface area contributed by atoms with Crippen molar-refractivity contribution in [3.63, 3.8) is 0 Å². The summed E-state index contributed by atoms with van der Waals surface area (Å²) in [6.07, 6.45) is 8.46. The standard InChI is InChI=1S/C18H25N5O2/c24-18(19-5-6-22-7-9-25-10-8-22)14-11-16-17(20-12-14)23(13-21-16)15-3-1-2-4-15/h11-13,15H,1-10H2,(H,19,24). The van der Waals surface area contributed by atoms with Crippen molar-refractivity contribution in [1.82, 2.24) is 24.8 Å². The number of nitrogens with one attached hydrogen (secondary N) is 1. The zero-order valence-corrected chi connectivity index (χ0v) is 14.5. The summed E-state index contributed by atoms with van der Waals surface area (Å²) in [4.78, 5) is 23.6. The van der Waals surface area contributed by atoms with Gasteiger partial charge in [-0.3, -0.25) is 9.69 Å². The van der Waals surface area contributed by atoms with Crippen LogP contribution in [0.3, 0.4) is 0 Å². The summed E-state index contributed by atoms with van der Waals surface area (Å²) < 4.78 is 7.50. The number of pyridine rings is 1. The third-order valence-electron chi connectivity index (χ3n) is 5.21. The second kappa shape index (κ2) is 7.49. The molecule has 134 valence electrons. The summed E-state index contributed by atoms with van der Waals surface area (Å²) in [5.41, 5.74) is 2.26. The van der Waals surface area contributed by atoms with E-state index in [-0.39, 0.29) is 5.91 Å². The number of rotatable bonds is 5. The fourth-order valence-electron chi connectivity index (χ4n) is 3.75. The van der Waals surface area contributed by atoms with Crippen molar-refractivity contribution in [2.24, 2.45) is 0 Å². The first kappa shape index (κ1) is 16.5. The van der Waals surface area contributed by atoms with Crippen LogP contribution in [0.2, 0.25) is 0 Å². The largest absolute Gasteiger partial charge is 0.379 e. The van der Waals surface area contributed by atoms with Crippen molar-refractivity contribution in [2.75, 3.05) is 39.4 Å². The molecule has 0 atom stereocenters. The van der Waals surface area contributed by atoms with Crippen LogP contribution in [0.1, 0.15) is 42.1 Å². The number of carbonyl (C=O) groups is 1. The van der Waals surface area contributed by atoms with Crippen molar-refractivity contribution >= 4 is 17.1 Å². The lowest BCUT2D eigenvalue weighted by Crippen LogP contribution is -2.41. The van der Waals surface area contributed by atoms with Crippen LogP contribution in [0.15, 0.2) is 18.6 Å². The minimum Gasteiger partial charge on any atom is -0.379 e. The molecule has 1 amide bonds. The number of carbonyl (C=O) groups excluding carboxylic acids is 1. The van der Waals surface area contributed by atoms with Gasteiger partial charge in [0.05, 0.1) is 25.1 Å².